The number of para-hydroxylation sites is 2. The van der Waals surface area contributed by atoms with Gasteiger partial charge in [-0.3, -0.25) is 4.79 Å². The Hall–Kier alpha value is -1.71. The first-order chi connectivity index (χ1) is 9.59. The number of hydrogen-bond donors (Lipinski definition) is 2. The van der Waals surface area contributed by atoms with Crippen LogP contribution in [0.3, 0.4) is 0 Å². The monoisotopic (exact) mass is 276 g/mol. The minimum Gasteiger partial charge on any atom is -0.482 e. The highest BCUT2D eigenvalue weighted by Crippen LogP contribution is 2.34. The molecule has 1 amide bonds. The molecule has 1 aliphatic rings. The first kappa shape index (κ1) is 14.7. The molecule has 110 valence electrons. The van der Waals surface area contributed by atoms with Crippen LogP contribution in [0.4, 0.5) is 5.69 Å². The standard InChI is InChI=1S/C16H24N2O2/c1-16(9-5-2-6-10-16)12-18-15(19)11-20-14-8-4-3-7-13(14)17/h3-4,7-8H,2,5-6,9-12,17H2,1H3,(H,18,19). The van der Waals surface area contributed by atoms with Crippen LogP contribution in [0.1, 0.15) is 39.0 Å². The summed E-state index contributed by atoms with van der Waals surface area (Å²) in [6.07, 6.45) is 6.24. The van der Waals surface area contributed by atoms with Gasteiger partial charge in [0, 0.05) is 6.54 Å². The van der Waals surface area contributed by atoms with Gasteiger partial charge in [0.2, 0.25) is 0 Å². The quantitative estimate of drug-likeness (QED) is 0.813. The largest absolute Gasteiger partial charge is 0.482 e. The minimum atomic E-state index is -0.0833. The van der Waals surface area contributed by atoms with Crippen LogP contribution in [-0.4, -0.2) is 19.1 Å². The Morgan fingerprint density at radius 2 is 2.00 bits per heavy atom. The maximum Gasteiger partial charge on any atom is 0.257 e. The minimum absolute atomic E-state index is 0.0181. The van der Waals surface area contributed by atoms with Gasteiger partial charge in [-0.05, 0) is 30.4 Å². The van der Waals surface area contributed by atoms with Crippen molar-refractivity contribution in [1.82, 2.24) is 5.32 Å². The molecule has 20 heavy (non-hydrogen) atoms. The molecule has 0 aliphatic heterocycles. The lowest BCUT2D eigenvalue weighted by Gasteiger charge is -2.33. The second-order valence-corrected chi connectivity index (χ2v) is 5.97. The number of amides is 1. The van der Waals surface area contributed by atoms with Crippen LogP contribution in [0, 0.1) is 5.41 Å². The van der Waals surface area contributed by atoms with Crippen LogP contribution in [0.2, 0.25) is 0 Å². The molecule has 1 fully saturated rings. The summed E-state index contributed by atoms with van der Waals surface area (Å²) in [5.74, 6) is 0.478. The van der Waals surface area contributed by atoms with Crippen LogP contribution in [0.5, 0.6) is 5.75 Å². The topological polar surface area (TPSA) is 64.3 Å². The van der Waals surface area contributed by atoms with E-state index in [0.29, 0.717) is 11.4 Å². The first-order valence-electron chi connectivity index (χ1n) is 7.33. The Bertz CT molecular complexity index is 454. The molecule has 1 saturated carbocycles. The zero-order chi connectivity index (χ0) is 14.4. The summed E-state index contributed by atoms with van der Waals surface area (Å²) in [7, 11) is 0. The number of nitrogens with two attached hydrogens (primary N) is 1. The van der Waals surface area contributed by atoms with Crippen molar-refractivity contribution in [3.8, 4) is 5.75 Å². The molecule has 1 aromatic rings. The Balaban J connectivity index is 1.74. The summed E-state index contributed by atoms with van der Waals surface area (Å²) in [6, 6.07) is 7.21. The first-order valence-corrected chi connectivity index (χ1v) is 7.33. The van der Waals surface area contributed by atoms with Crippen LogP contribution in [-0.2, 0) is 4.79 Å². The lowest BCUT2D eigenvalue weighted by Crippen LogP contribution is -2.39. The maximum atomic E-state index is 11.8. The number of carbonyl (C=O) groups excluding carboxylic acids is 1. The molecule has 4 heteroatoms. The van der Waals surface area contributed by atoms with Gasteiger partial charge in [0.15, 0.2) is 6.61 Å². The maximum absolute atomic E-state index is 11.8. The van der Waals surface area contributed by atoms with Crippen molar-refractivity contribution in [1.29, 1.82) is 0 Å². The fourth-order valence-electron chi connectivity index (χ4n) is 2.70. The van der Waals surface area contributed by atoms with E-state index in [2.05, 4.69) is 12.2 Å². The van der Waals surface area contributed by atoms with Crippen molar-refractivity contribution in [2.45, 2.75) is 39.0 Å². The number of ether oxygens (including phenoxy) is 1. The van der Waals surface area contributed by atoms with Gasteiger partial charge in [0.05, 0.1) is 5.69 Å². The number of benzene rings is 1. The number of carbonyl (C=O) groups is 1. The van der Waals surface area contributed by atoms with Gasteiger partial charge < -0.3 is 15.8 Å². The van der Waals surface area contributed by atoms with Gasteiger partial charge in [-0.1, -0.05) is 38.3 Å². The number of anilines is 1. The Morgan fingerprint density at radius 1 is 1.30 bits per heavy atom. The van der Waals surface area contributed by atoms with E-state index in [0.717, 1.165) is 6.54 Å². The van der Waals surface area contributed by atoms with Gasteiger partial charge in [-0.15, -0.1) is 0 Å². The van der Waals surface area contributed by atoms with Crippen LogP contribution >= 0.6 is 0 Å². The van der Waals surface area contributed by atoms with Crippen molar-refractivity contribution >= 4 is 11.6 Å². The van der Waals surface area contributed by atoms with Gasteiger partial charge in [-0.25, -0.2) is 0 Å². The lowest BCUT2D eigenvalue weighted by molar-refractivity contribution is -0.123. The summed E-state index contributed by atoms with van der Waals surface area (Å²) < 4.78 is 5.43. The number of nitrogen functional groups attached to an aromatic ring is 1. The highest BCUT2D eigenvalue weighted by Gasteiger charge is 2.27. The second-order valence-electron chi connectivity index (χ2n) is 5.97. The van der Waals surface area contributed by atoms with Crippen molar-refractivity contribution in [2.75, 3.05) is 18.9 Å². The molecular weight excluding hydrogens is 252 g/mol. The van der Waals surface area contributed by atoms with Crippen LogP contribution in [0.15, 0.2) is 24.3 Å². The molecule has 4 nitrogen and oxygen atoms in total. The predicted molar refractivity (Wildman–Crippen MR) is 80.6 cm³/mol. The van der Waals surface area contributed by atoms with Gasteiger partial charge in [-0.2, -0.15) is 0 Å². The molecule has 0 spiro atoms. The Labute approximate surface area is 120 Å². The van der Waals surface area contributed by atoms with Crippen molar-refractivity contribution in [3.63, 3.8) is 0 Å². The van der Waals surface area contributed by atoms with Crippen LogP contribution < -0.4 is 15.8 Å². The summed E-state index contributed by atoms with van der Waals surface area (Å²) in [4.78, 5) is 11.8. The second kappa shape index (κ2) is 6.64. The number of hydrogen-bond acceptors (Lipinski definition) is 3. The van der Waals surface area contributed by atoms with E-state index in [4.69, 9.17) is 10.5 Å². The fourth-order valence-corrected chi connectivity index (χ4v) is 2.70. The molecule has 3 N–H and O–H groups in total. The van der Waals surface area contributed by atoms with E-state index < -0.39 is 0 Å². The fraction of sp³-hybridized carbons (Fsp3) is 0.562. The Morgan fingerprint density at radius 3 is 2.70 bits per heavy atom. The molecular formula is C16H24N2O2. The Kier molecular flexibility index (Phi) is 4.88. The molecule has 2 rings (SSSR count). The summed E-state index contributed by atoms with van der Waals surface area (Å²) in [5, 5.41) is 2.98. The summed E-state index contributed by atoms with van der Waals surface area (Å²) >= 11 is 0. The SMILES string of the molecule is CC1(CNC(=O)COc2ccccc2N)CCCCC1. The van der Waals surface area contributed by atoms with Gasteiger partial charge in [0.1, 0.15) is 5.75 Å². The summed E-state index contributed by atoms with van der Waals surface area (Å²) in [5.41, 5.74) is 6.57. The molecule has 1 aliphatic carbocycles. The molecule has 0 radical (unpaired) electrons. The smallest absolute Gasteiger partial charge is 0.257 e. The van der Waals surface area contributed by atoms with E-state index in [1.165, 1.54) is 32.1 Å². The molecule has 0 saturated heterocycles. The third-order valence-corrected chi connectivity index (χ3v) is 4.05. The average Bonchev–Trinajstić information content (AvgIpc) is 2.45. The van der Waals surface area contributed by atoms with E-state index in [9.17, 15) is 4.79 Å². The normalized spacial score (nSPS) is 17.4. The van der Waals surface area contributed by atoms with E-state index in [-0.39, 0.29) is 17.9 Å². The third kappa shape index (κ3) is 4.15. The van der Waals surface area contributed by atoms with Gasteiger partial charge in [0.25, 0.3) is 5.91 Å². The average molecular weight is 276 g/mol. The van der Waals surface area contributed by atoms with E-state index in [1.54, 1.807) is 12.1 Å². The van der Waals surface area contributed by atoms with Gasteiger partial charge >= 0.3 is 0 Å². The highest BCUT2D eigenvalue weighted by atomic mass is 16.5. The third-order valence-electron chi connectivity index (χ3n) is 4.05. The van der Waals surface area contributed by atoms with E-state index >= 15 is 0 Å². The van der Waals surface area contributed by atoms with Crippen molar-refractivity contribution < 1.29 is 9.53 Å². The molecule has 0 aromatic heterocycles. The molecule has 0 unspecified atom stereocenters. The molecule has 0 atom stereocenters. The molecule has 0 bridgehead atoms. The number of rotatable bonds is 5. The molecule has 1 aromatic carbocycles. The summed E-state index contributed by atoms with van der Waals surface area (Å²) in [6.45, 7) is 3.01. The molecule has 0 heterocycles. The van der Waals surface area contributed by atoms with Crippen molar-refractivity contribution in [3.05, 3.63) is 24.3 Å². The highest BCUT2D eigenvalue weighted by molar-refractivity contribution is 5.77. The number of nitrogens with one attached hydrogen (secondary N) is 1. The van der Waals surface area contributed by atoms with Crippen molar-refractivity contribution in [2.24, 2.45) is 5.41 Å². The lowest BCUT2D eigenvalue weighted by atomic mass is 9.76. The van der Waals surface area contributed by atoms with E-state index in [1.807, 2.05) is 12.1 Å². The predicted octanol–water partition coefficient (Wildman–Crippen LogP) is 2.73. The zero-order valence-corrected chi connectivity index (χ0v) is 12.2. The van der Waals surface area contributed by atoms with Crippen LogP contribution in [0.25, 0.3) is 0 Å². The zero-order valence-electron chi connectivity index (χ0n) is 12.2.